The van der Waals surface area contributed by atoms with Crippen molar-refractivity contribution in [3.8, 4) is 0 Å². The summed E-state index contributed by atoms with van der Waals surface area (Å²) in [6, 6.07) is 0.0661. The molecule has 0 aromatic rings. The molecule has 1 saturated carbocycles. The number of amides is 1. The van der Waals surface area contributed by atoms with Crippen LogP contribution >= 0.6 is 0 Å². The van der Waals surface area contributed by atoms with Crippen LogP contribution in [0.1, 0.15) is 72.1 Å². The van der Waals surface area contributed by atoms with Crippen LogP contribution in [0.2, 0.25) is 0 Å². The molecule has 3 nitrogen and oxygen atoms in total. The Labute approximate surface area is 118 Å². The van der Waals surface area contributed by atoms with Crippen LogP contribution in [0.5, 0.6) is 0 Å². The molecule has 1 rings (SSSR count). The van der Waals surface area contributed by atoms with Crippen LogP contribution in [0, 0.1) is 11.3 Å². The highest BCUT2D eigenvalue weighted by atomic mass is 16.3. The summed E-state index contributed by atoms with van der Waals surface area (Å²) in [4.78, 5) is 12.0. The van der Waals surface area contributed by atoms with Gasteiger partial charge in [0.2, 0.25) is 5.91 Å². The molecule has 3 heteroatoms. The van der Waals surface area contributed by atoms with E-state index in [1.165, 1.54) is 32.1 Å². The first-order valence-electron chi connectivity index (χ1n) is 7.83. The largest absolute Gasteiger partial charge is 0.396 e. The quantitative estimate of drug-likeness (QED) is 0.777. The molecule has 1 aliphatic carbocycles. The Morgan fingerprint density at radius 1 is 1.26 bits per heavy atom. The summed E-state index contributed by atoms with van der Waals surface area (Å²) >= 11 is 0. The number of carbonyl (C=O) groups is 1. The van der Waals surface area contributed by atoms with Gasteiger partial charge in [0.05, 0.1) is 0 Å². The molecule has 1 atom stereocenters. The lowest BCUT2D eigenvalue weighted by Gasteiger charge is -2.31. The summed E-state index contributed by atoms with van der Waals surface area (Å²) in [5.74, 6) is 0.907. The molecule has 112 valence electrons. The Kier molecular flexibility index (Phi) is 6.84. The van der Waals surface area contributed by atoms with Crippen molar-refractivity contribution in [3.05, 3.63) is 0 Å². The monoisotopic (exact) mass is 269 g/mol. The molecule has 0 spiro atoms. The van der Waals surface area contributed by atoms with E-state index in [0.717, 1.165) is 12.3 Å². The molecular weight excluding hydrogens is 238 g/mol. The fourth-order valence-electron chi connectivity index (χ4n) is 2.93. The van der Waals surface area contributed by atoms with Gasteiger partial charge in [0.1, 0.15) is 0 Å². The van der Waals surface area contributed by atoms with E-state index in [1.54, 1.807) is 0 Å². The number of aliphatic hydroxyl groups is 1. The molecule has 19 heavy (non-hydrogen) atoms. The minimum absolute atomic E-state index is 0.00320. The number of aliphatic hydroxyl groups excluding tert-OH is 1. The van der Waals surface area contributed by atoms with Gasteiger partial charge in [-0.25, -0.2) is 0 Å². The molecule has 1 aliphatic rings. The Hall–Kier alpha value is -0.570. The van der Waals surface area contributed by atoms with Gasteiger partial charge in [-0.3, -0.25) is 4.79 Å². The maximum Gasteiger partial charge on any atom is 0.220 e. The maximum atomic E-state index is 12.0. The summed E-state index contributed by atoms with van der Waals surface area (Å²) in [7, 11) is 0. The Morgan fingerprint density at radius 2 is 1.89 bits per heavy atom. The third kappa shape index (κ3) is 6.42. The normalized spacial score (nSPS) is 19.2. The van der Waals surface area contributed by atoms with Gasteiger partial charge in [-0.2, -0.15) is 0 Å². The molecule has 0 radical (unpaired) electrons. The van der Waals surface area contributed by atoms with Gasteiger partial charge in [-0.05, 0) is 24.2 Å². The Balaban J connectivity index is 2.31. The van der Waals surface area contributed by atoms with Gasteiger partial charge in [-0.15, -0.1) is 0 Å². The lowest BCUT2D eigenvalue weighted by atomic mass is 9.84. The fraction of sp³-hybridized carbons (Fsp3) is 0.938. The molecule has 2 N–H and O–H groups in total. The van der Waals surface area contributed by atoms with E-state index < -0.39 is 0 Å². The van der Waals surface area contributed by atoms with E-state index in [-0.39, 0.29) is 24.0 Å². The Bertz CT molecular complexity index is 264. The van der Waals surface area contributed by atoms with Crippen molar-refractivity contribution in [3.63, 3.8) is 0 Å². The van der Waals surface area contributed by atoms with E-state index in [9.17, 15) is 4.79 Å². The molecule has 0 aromatic heterocycles. The number of hydrogen-bond acceptors (Lipinski definition) is 2. The topological polar surface area (TPSA) is 49.3 Å². The average molecular weight is 269 g/mol. The van der Waals surface area contributed by atoms with E-state index in [1.807, 2.05) is 0 Å². The zero-order chi connectivity index (χ0) is 14.3. The molecule has 1 amide bonds. The minimum Gasteiger partial charge on any atom is -0.396 e. The predicted molar refractivity (Wildman–Crippen MR) is 78.9 cm³/mol. The molecule has 0 aliphatic heterocycles. The second-order valence-corrected chi connectivity index (χ2v) is 7.04. The lowest BCUT2D eigenvalue weighted by Crippen LogP contribution is -2.44. The van der Waals surface area contributed by atoms with Gasteiger partial charge in [0.25, 0.3) is 0 Å². The Morgan fingerprint density at radius 3 is 2.42 bits per heavy atom. The van der Waals surface area contributed by atoms with Crippen LogP contribution < -0.4 is 5.32 Å². The molecule has 0 heterocycles. The van der Waals surface area contributed by atoms with Gasteiger partial charge in [0.15, 0.2) is 0 Å². The predicted octanol–water partition coefficient (Wildman–Crippen LogP) is 3.26. The van der Waals surface area contributed by atoms with Gasteiger partial charge in [-0.1, -0.05) is 52.9 Å². The van der Waals surface area contributed by atoms with Crippen LogP contribution in [0.4, 0.5) is 0 Å². The van der Waals surface area contributed by atoms with Crippen molar-refractivity contribution in [2.45, 2.75) is 78.2 Å². The van der Waals surface area contributed by atoms with Gasteiger partial charge >= 0.3 is 0 Å². The SMILES string of the molecule is CC(C)(C)C(CCO)NC(=O)CCC1CCCCC1. The van der Waals surface area contributed by atoms with E-state index in [4.69, 9.17) is 5.11 Å². The third-order valence-electron chi connectivity index (χ3n) is 4.30. The number of carbonyl (C=O) groups excluding carboxylic acids is 1. The summed E-state index contributed by atoms with van der Waals surface area (Å²) in [5.41, 5.74) is 0.00320. The van der Waals surface area contributed by atoms with Crippen LogP contribution in [-0.4, -0.2) is 23.7 Å². The maximum absolute atomic E-state index is 12.0. The fourth-order valence-corrected chi connectivity index (χ4v) is 2.93. The standard InChI is InChI=1S/C16H31NO2/c1-16(2,3)14(11-12-18)17-15(19)10-9-13-7-5-4-6-8-13/h13-14,18H,4-12H2,1-3H3,(H,17,19). The first-order valence-corrected chi connectivity index (χ1v) is 7.83. The van der Waals surface area contributed by atoms with Crippen LogP contribution in [0.15, 0.2) is 0 Å². The number of nitrogens with one attached hydrogen (secondary N) is 1. The average Bonchev–Trinajstić information content (AvgIpc) is 2.36. The molecule has 0 aromatic carbocycles. The van der Waals surface area contributed by atoms with E-state index in [2.05, 4.69) is 26.1 Å². The molecule has 1 fully saturated rings. The second kappa shape index (κ2) is 7.88. The highest BCUT2D eigenvalue weighted by Gasteiger charge is 2.25. The van der Waals surface area contributed by atoms with Crippen molar-refractivity contribution in [2.24, 2.45) is 11.3 Å². The van der Waals surface area contributed by atoms with Crippen LogP contribution in [0.3, 0.4) is 0 Å². The van der Waals surface area contributed by atoms with Crippen LogP contribution in [-0.2, 0) is 4.79 Å². The molecule has 0 bridgehead atoms. The van der Waals surface area contributed by atoms with Gasteiger partial charge < -0.3 is 10.4 Å². The second-order valence-electron chi connectivity index (χ2n) is 7.04. The highest BCUT2D eigenvalue weighted by molar-refractivity contribution is 5.76. The smallest absolute Gasteiger partial charge is 0.220 e. The highest BCUT2D eigenvalue weighted by Crippen LogP contribution is 2.27. The summed E-state index contributed by atoms with van der Waals surface area (Å²) in [5, 5.41) is 12.2. The number of rotatable bonds is 6. The first kappa shape index (κ1) is 16.5. The minimum atomic E-state index is 0.00320. The third-order valence-corrected chi connectivity index (χ3v) is 4.30. The summed E-state index contributed by atoms with van der Waals surface area (Å²) < 4.78 is 0. The molecule has 0 saturated heterocycles. The summed E-state index contributed by atoms with van der Waals surface area (Å²) in [6.45, 7) is 6.45. The zero-order valence-electron chi connectivity index (χ0n) is 12.9. The van der Waals surface area contributed by atoms with Crippen molar-refractivity contribution in [1.82, 2.24) is 5.32 Å². The van der Waals surface area contributed by atoms with Crippen molar-refractivity contribution >= 4 is 5.91 Å². The summed E-state index contributed by atoms with van der Waals surface area (Å²) in [6.07, 6.45) is 8.94. The van der Waals surface area contributed by atoms with E-state index in [0.29, 0.717) is 12.8 Å². The van der Waals surface area contributed by atoms with Gasteiger partial charge in [0, 0.05) is 19.1 Å². The van der Waals surface area contributed by atoms with Crippen LogP contribution in [0.25, 0.3) is 0 Å². The van der Waals surface area contributed by atoms with Crippen molar-refractivity contribution in [1.29, 1.82) is 0 Å². The molecular formula is C16H31NO2. The lowest BCUT2D eigenvalue weighted by molar-refractivity contribution is -0.123. The first-order chi connectivity index (χ1) is 8.93. The number of hydrogen-bond donors (Lipinski definition) is 2. The zero-order valence-corrected chi connectivity index (χ0v) is 12.9. The van der Waals surface area contributed by atoms with Crippen molar-refractivity contribution in [2.75, 3.05) is 6.61 Å². The molecule has 1 unspecified atom stereocenters. The van der Waals surface area contributed by atoms with E-state index >= 15 is 0 Å². The van der Waals surface area contributed by atoms with Crippen molar-refractivity contribution < 1.29 is 9.90 Å².